The molecular formula is C15H24N2. The first kappa shape index (κ1) is 12.6. The van der Waals surface area contributed by atoms with E-state index in [1.165, 1.54) is 30.4 Å². The van der Waals surface area contributed by atoms with Crippen molar-refractivity contribution in [1.82, 2.24) is 0 Å². The van der Waals surface area contributed by atoms with Gasteiger partial charge in [0.25, 0.3) is 0 Å². The van der Waals surface area contributed by atoms with Crippen LogP contribution in [0.2, 0.25) is 0 Å². The van der Waals surface area contributed by atoms with Crippen molar-refractivity contribution in [1.29, 1.82) is 0 Å². The van der Waals surface area contributed by atoms with Crippen molar-refractivity contribution in [3.05, 3.63) is 35.4 Å². The van der Waals surface area contributed by atoms with E-state index in [2.05, 4.69) is 38.1 Å². The highest BCUT2D eigenvalue weighted by atomic mass is 14.8. The third-order valence-electron chi connectivity index (χ3n) is 4.38. The molecule has 1 unspecified atom stereocenters. The minimum Gasteiger partial charge on any atom is -0.330 e. The Morgan fingerprint density at radius 3 is 2.00 bits per heavy atom. The van der Waals surface area contributed by atoms with Gasteiger partial charge in [0.05, 0.1) is 0 Å². The van der Waals surface area contributed by atoms with Crippen LogP contribution in [-0.2, 0) is 0 Å². The van der Waals surface area contributed by atoms with Gasteiger partial charge in [-0.05, 0) is 36.4 Å². The molecule has 2 heteroatoms. The van der Waals surface area contributed by atoms with Gasteiger partial charge >= 0.3 is 0 Å². The van der Waals surface area contributed by atoms with Crippen molar-refractivity contribution in [2.75, 3.05) is 6.54 Å². The quantitative estimate of drug-likeness (QED) is 0.838. The van der Waals surface area contributed by atoms with Crippen LogP contribution in [0.25, 0.3) is 0 Å². The standard InChI is InChI=1S/C15H24N2/c1-11(2)12-4-6-13(7-5-12)14(17)15(10-16)8-3-9-15/h4-7,11,14H,3,8-10,16-17H2,1-2H3. The highest BCUT2D eigenvalue weighted by Gasteiger charge is 2.41. The van der Waals surface area contributed by atoms with Gasteiger partial charge in [-0.2, -0.15) is 0 Å². The average molecular weight is 232 g/mol. The van der Waals surface area contributed by atoms with E-state index in [4.69, 9.17) is 11.5 Å². The van der Waals surface area contributed by atoms with Gasteiger partial charge in [-0.15, -0.1) is 0 Å². The number of benzene rings is 1. The third-order valence-corrected chi connectivity index (χ3v) is 4.38. The van der Waals surface area contributed by atoms with E-state index in [-0.39, 0.29) is 11.5 Å². The molecule has 0 spiro atoms. The molecule has 0 radical (unpaired) electrons. The van der Waals surface area contributed by atoms with E-state index in [9.17, 15) is 0 Å². The lowest BCUT2D eigenvalue weighted by Crippen LogP contribution is -2.46. The fourth-order valence-electron chi connectivity index (χ4n) is 2.71. The second-order valence-corrected chi connectivity index (χ2v) is 5.72. The summed E-state index contributed by atoms with van der Waals surface area (Å²) in [6, 6.07) is 8.85. The first-order valence-corrected chi connectivity index (χ1v) is 6.64. The van der Waals surface area contributed by atoms with Crippen molar-refractivity contribution < 1.29 is 0 Å². The normalized spacial score (nSPS) is 20.1. The summed E-state index contributed by atoms with van der Waals surface area (Å²) in [7, 11) is 0. The third kappa shape index (κ3) is 2.24. The lowest BCUT2D eigenvalue weighted by Gasteiger charge is -2.45. The summed E-state index contributed by atoms with van der Waals surface area (Å²) in [6.07, 6.45) is 3.63. The van der Waals surface area contributed by atoms with Crippen molar-refractivity contribution in [3.8, 4) is 0 Å². The van der Waals surface area contributed by atoms with E-state index in [1.807, 2.05) is 0 Å². The molecule has 0 bridgehead atoms. The van der Waals surface area contributed by atoms with Gasteiger partial charge in [-0.3, -0.25) is 0 Å². The monoisotopic (exact) mass is 232 g/mol. The van der Waals surface area contributed by atoms with Crippen molar-refractivity contribution in [2.45, 2.75) is 45.1 Å². The van der Waals surface area contributed by atoms with Crippen molar-refractivity contribution in [3.63, 3.8) is 0 Å². The topological polar surface area (TPSA) is 52.0 Å². The Bertz CT molecular complexity index is 358. The van der Waals surface area contributed by atoms with E-state index in [1.54, 1.807) is 0 Å². The summed E-state index contributed by atoms with van der Waals surface area (Å²) >= 11 is 0. The maximum atomic E-state index is 6.39. The first-order valence-electron chi connectivity index (χ1n) is 6.64. The van der Waals surface area contributed by atoms with Gasteiger partial charge in [0.15, 0.2) is 0 Å². The molecule has 17 heavy (non-hydrogen) atoms. The number of hydrogen-bond acceptors (Lipinski definition) is 2. The lowest BCUT2D eigenvalue weighted by atomic mass is 9.62. The van der Waals surface area contributed by atoms with E-state index in [0.717, 1.165) is 0 Å². The van der Waals surface area contributed by atoms with Gasteiger partial charge in [-0.25, -0.2) is 0 Å². The first-order chi connectivity index (χ1) is 8.09. The molecule has 1 aromatic carbocycles. The van der Waals surface area contributed by atoms with Gasteiger partial charge in [-0.1, -0.05) is 44.5 Å². The summed E-state index contributed by atoms with van der Waals surface area (Å²) in [5.41, 5.74) is 15.1. The predicted molar refractivity (Wildman–Crippen MR) is 72.8 cm³/mol. The van der Waals surface area contributed by atoms with E-state index < -0.39 is 0 Å². The van der Waals surface area contributed by atoms with Crippen LogP contribution in [0.15, 0.2) is 24.3 Å². The lowest BCUT2D eigenvalue weighted by molar-refractivity contribution is 0.105. The fourth-order valence-corrected chi connectivity index (χ4v) is 2.71. The van der Waals surface area contributed by atoms with Crippen LogP contribution in [0.1, 0.15) is 56.2 Å². The second kappa shape index (κ2) is 4.79. The summed E-state index contributed by atoms with van der Waals surface area (Å²) in [5, 5.41) is 0. The number of nitrogens with two attached hydrogens (primary N) is 2. The highest BCUT2D eigenvalue weighted by molar-refractivity contribution is 5.28. The van der Waals surface area contributed by atoms with Gasteiger partial charge in [0, 0.05) is 11.5 Å². The molecule has 1 saturated carbocycles. The highest BCUT2D eigenvalue weighted by Crippen LogP contribution is 2.48. The molecular weight excluding hydrogens is 208 g/mol. The van der Waals surface area contributed by atoms with Crippen LogP contribution in [-0.4, -0.2) is 6.54 Å². The molecule has 1 atom stereocenters. The molecule has 1 aliphatic carbocycles. The van der Waals surface area contributed by atoms with Crippen LogP contribution in [0.5, 0.6) is 0 Å². The molecule has 0 saturated heterocycles. The fraction of sp³-hybridized carbons (Fsp3) is 0.600. The maximum Gasteiger partial charge on any atom is 0.0364 e. The molecule has 1 aliphatic rings. The van der Waals surface area contributed by atoms with Gasteiger partial charge < -0.3 is 11.5 Å². The summed E-state index contributed by atoms with van der Waals surface area (Å²) in [4.78, 5) is 0. The maximum absolute atomic E-state index is 6.39. The van der Waals surface area contributed by atoms with Crippen LogP contribution in [0.3, 0.4) is 0 Å². The molecule has 0 aromatic heterocycles. The molecule has 1 aromatic rings. The van der Waals surface area contributed by atoms with Crippen LogP contribution >= 0.6 is 0 Å². The average Bonchev–Trinajstić information content (AvgIpc) is 2.28. The summed E-state index contributed by atoms with van der Waals surface area (Å²) < 4.78 is 0. The summed E-state index contributed by atoms with van der Waals surface area (Å²) in [6.45, 7) is 5.13. The van der Waals surface area contributed by atoms with Crippen LogP contribution in [0, 0.1) is 5.41 Å². The second-order valence-electron chi connectivity index (χ2n) is 5.72. The Kier molecular flexibility index (Phi) is 3.55. The Labute approximate surface area is 104 Å². The molecule has 0 heterocycles. The Balaban J connectivity index is 2.16. The Morgan fingerprint density at radius 2 is 1.65 bits per heavy atom. The smallest absolute Gasteiger partial charge is 0.0364 e. The van der Waals surface area contributed by atoms with Crippen LogP contribution < -0.4 is 11.5 Å². The zero-order valence-electron chi connectivity index (χ0n) is 10.9. The Morgan fingerprint density at radius 1 is 1.12 bits per heavy atom. The SMILES string of the molecule is CC(C)c1ccc(C(N)C2(CN)CCC2)cc1. The molecule has 0 amide bonds. The number of rotatable bonds is 4. The van der Waals surface area contributed by atoms with Gasteiger partial charge in [0.1, 0.15) is 0 Å². The van der Waals surface area contributed by atoms with Crippen molar-refractivity contribution >= 4 is 0 Å². The minimum absolute atomic E-state index is 0.0995. The largest absolute Gasteiger partial charge is 0.330 e. The molecule has 2 rings (SSSR count). The summed E-state index contributed by atoms with van der Waals surface area (Å²) in [5.74, 6) is 0.576. The van der Waals surface area contributed by atoms with Crippen molar-refractivity contribution in [2.24, 2.45) is 16.9 Å². The zero-order valence-corrected chi connectivity index (χ0v) is 10.9. The molecule has 94 valence electrons. The number of hydrogen-bond donors (Lipinski definition) is 2. The molecule has 0 aliphatic heterocycles. The Hall–Kier alpha value is -0.860. The predicted octanol–water partition coefficient (Wildman–Crippen LogP) is 2.94. The molecule has 4 N–H and O–H groups in total. The van der Waals surface area contributed by atoms with Crippen LogP contribution in [0.4, 0.5) is 0 Å². The van der Waals surface area contributed by atoms with E-state index >= 15 is 0 Å². The minimum atomic E-state index is 0.0995. The van der Waals surface area contributed by atoms with E-state index in [0.29, 0.717) is 12.5 Å². The van der Waals surface area contributed by atoms with Gasteiger partial charge in [0.2, 0.25) is 0 Å². The molecule has 2 nitrogen and oxygen atoms in total. The zero-order chi connectivity index (χ0) is 12.5. The molecule has 1 fully saturated rings.